The van der Waals surface area contributed by atoms with Gasteiger partial charge in [0.2, 0.25) is 0 Å². The van der Waals surface area contributed by atoms with Crippen molar-refractivity contribution in [3.63, 3.8) is 0 Å². The Kier molecular flexibility index (Phi) is 3.14. The van der Waals surface area contributed by atoms with E-state index >= 15 is 0 Å². The highest BCUT2D eigenvalue weighted by Crippen LogP contribution is 2.28. The van der Waals surface area contributed by atoms with Gasteiger partial charge in [-0.25, -0.2) is 4.39 Å². The largest absolute Gasteiger partial charge is 0.370 e. The molecule has 0 saturated heterocycles. The molecule has 0 bridgehead atoms. The average Bonchev–Trinajstić information content (AvgIpc) is 2.63. The molecule has 0 saturated carbocycles. The third-order valence-corrected chi connectivity index (χ3v) is 3.37. The summed E-state index contributed by atoms with van der Waals surface area (Å²) in [5.74, 6) is 0.312. The van der Waals surface area contributed by atoms with Gasteiger partial charge in [-0.15, -0.1) is 0 Å². The quantitative estimate of drug-likeness (QED) is 0.906. The summed E-state index contributed by atoms with van der Waals surface area (Å²) in [5, 5.41) is 0. The Labute approximate surface area is 102 Å². The fourth-order valence-corrected chi connectivity index (χ4v) is 2.31. The van der Waals surface area contributed by atoms with Crippen molar-refractivity contribution in [2.24, 2.45) is 10.7 Å². The molecule has 1 atom stereocenters. The molecule has 16 heavy (non-hydrogen) atoms. The molecule has 1 unspecified atom stereocenters. The molecule has 1 heterocycles. The maximum Gasteiger partial charge on any atom is 0.191 e. The molecule has 2 N–H and O–H groups in total. The molecule has 2 rings (SSSR count). The van der Waals surface area contributed by atoms with Gasteiger partial charge in [0, 0.05) is 6.54 Å². The lowest BCUT2D eigenvalue weighted by Gasteiger charge is -2.25. The molecular weight excluding hydrogens is 273 g/mol. The van der Waals surface area contributed by atoms with Crippen molar-refractivity contribution in [3.8, 4) is 0 Å². The minimum atomic E-state index is -0.251. The van der Waals surface area contributed by atoms with E-state index < -0.39 is 0 Å². The van der Waals surface area contributed by atoms with Crippen molar-refractivity contribution < 1.29 is 4.39 Å². The van der Waals surface area contributed by atoms with Crippen LogP contribution in [0.4, 0.5) is 4.39 Å². The molecule has 1 aromatic rings. The Morgan fingerprint density at radius 1 is 1.62 bits per heavy atom. The van der Waals surface area contributed by atoms with Crippen molar-refractivity contribution in [1.29, 1.82) is 0 Å². The van der Waals surface area contributed by atoms with Crippen molar-refractivity contribution in [1.82, 2.24) is 4.90 Å². The first-order chi connectivity index (χ1) is 7.63. The first kappa shape index (κ1) is 11.4. The van der Waals surface area contributed by atoms with Gasteiger partial charge in [0.25, 0.3) is 0 Å². The number of nitrogens with two attached hydrogens (primary N) is 1. The second-order valence-corrected chi connectivity index (χ2v) is 4.53. The van der Waals surface area contributed by atoms with E-state index in [0.717, 1.165) is 12.1 Å². The molecule has 0 radical (unpaired) electrons. The Morgan fingerprint density at radius 3 is 3.00 bits per heavy atom. The predicted molar refractivity (Wildman–Crippen MR) is 65.7 cm³/mol. The number of hydrogen-bond donors (Lipinski definition) is 1. The smallest absolute Gasteiger partial charge is 0.191 e. The Morgan fingerprint density at radius 2 is 2.38 bits per heavy atom. The van der Waals surface area contributed by atoms with Crippen LogP contribution < -0.4 is 5.73 Å². The molecule has 3 nitrogen and oxygen atoms in total. The summed E-state index contributed by atoms with van der Waals surface area (Å²) in [7, 11) is 0. The van der Waals surface area contributed by atoms with E-state index in [-0.39, 0.29) is 11.9 Å². The Bertz CT molecular complexity index is 433. The average molecular weight is 286 g/mol. The van der Waals surface area contributed by atoms with Gasteiger partial charge in [-0.2, -0.15) is 0 Å². The fourth-order valence-electron chi connectivity index (χ4n) is 1.92. The van der Waals surface area contributed by atoms with Crippen LogP contribution in [-0.4, -0.2) is 23.9 Å². The number of hydrogen-bond acceptors (Lipinski definition) is 3. The monoisotopic (exact) mass is 285 g/mol. The third kappa shape index (κ3) is 1.91. The van der Waals surface area contributed by atoms with Gasteiger partial charge in [-0.1, -0.05) is 6.07 Å². The van der Waals surface area contributed by atoms with Crippen molar-refractivity contribution >= 4 is 21.9 Å². The fraction of sp³-hybridized carbons (Fsp3) is 0.364. The number of rotatable bonds is 2. The van der Waals surface area contributed by atoms with Crippen LogP contribution in [0.15, 0.2) is 27.7 Å². The highest BCUT2D eigenvalue weighted by molar-refractivity contribution is 9.10. The van der Waals surface area contributed by atoms with Crippen LogP contribution in [0.1, 0.15) is 18.5 Å². The predicted octanol–water partition coefficient (Wildman–Crippen LogP) is 2.28. The van der Waals surface area contributed by atoms with E-state index in [1.165, 1.54) is 6.07 Å². The number of halogens is 2. The van der Waals surface area contributed by atoms with Crippen LogP contribution in [0.25, 0.3) is 0 Å². The normalized spacial score (nSPS) is 20.1. The number of likely N-dealkylation sites (N-methyl/N-ethyl adjacent to an activating group) is 1. The van der Waals surface area contributed by atoms with E-state index in [0.29, 0.717) is 17.0 Å². The van der Waals surface area contributed by atoms with Crippen LogP contribution in [-0.2, 0) is 0 Å². The zero-order chi connectivity index (χ0) is 11.7. The zero-order valence-electron chi connectivity index (χ0n) is 8.95. The lowest BCUT2D eigenvalue weighted by molar-refractivity contribution is 0.364. The topological polar surface area (TPSA) is 41.6 Å². The van der Waals surface area contributed by atoms with Crippen LogP contribution >= 0.6 is 15.9 Å². The second-order valence-electron chi connectivity index (χ2n) is 3.67. The van der Waals surface area contributed by atoms with E-state index in [1.807, 2.05) is 11.8 Å². The number of guanidine groups is 1. The molecule has 0 amide bonds. The first-order valence-electron chi connectivity index (χ1n) is 5.15. The summed E-state index contributed by atoms with van der Waals surface area (Å²) in [4.78, 5) is 6.22. The van der Waals surface area contributed by atoms with Crippen LogP contribution in [0.3, 0.4) is 0 Å². The molecule has 1 aliphatic rings. The molecule has 86 valence electrons. The summed E-state index contributed by atoms with van der Waals surface area (Å²) in [6, 6.07) is 5.15. The van der Waals surface area contributed by atoms with Gasteiger partial charge >= 0.3 is 0 Å². The maximum atomic E-state index is 13.1. The van der Waals surface area contributed by atoms with E-state index in [2.05, 4.69) is 20.9 Å². The Hall–Kier alpha value is -1.10. The van der Waals surface area contributed by atoms with Gasteiger partial charge in [-0.05, 0) is 40.5 Å². The number of aliphatic imine (C=N–C) groups is 1. The molecular formula is C11H13BrFN3. The minimum absolute atomic E-state index is 0.127. The summed E-state index contributed by atoms with van der Waals surface area (Å²) < 4.78 is 13.6. The molecule has 0 spiro atoms. The highest BCUT2D eigenvalue weighted by Gasteiger charge is 2.26. The van der Waals surface area contributed by atoms with Gasteiger partial charge in [0.05, 0.1) is 17.1 Å². The summed E-state index contributed by atoms with van der Waals surface area (Å²) in [6.45, 7) is 3.46. The molecule has 0 aliphatic carbocycles. The van der Waals surface area contributed by atoms with Crippen LogP contribution in [0, 0.1) is 5.82 Å². The summed E-state index contributed by atoms with van der Waals surface area (Å²) in [5.41, 5.74) is 6.80. The lowest BCUT2D eigenvalue weighted by Crippen LogP contribution is -2.35. The highest BCUT2D eigenvalue weighted by atomic mass is 79.9. The molecule has 5 heteroatoms. The number of benzene rings is 1. The van der Waals surface area contributed by atoms with E-state index in [9.17, 15) is 4.39 Å². The van der Waals surface area contributed by atoms with Gasteiger partial charge in [0.1, 0.15) is 5.82 Å². The van der Waals surface area contributed by atoms with E-state index in [4.69, 9.17) is 5.73 Å². The molecule has 1 aliphatic heterocycles. The number of nitrogens with zero attached hydrogens (tertiary/aromatic N) is 2. The van der Waals surface area contributed by atoms with Crippen molar-refractivity contribution in [2.45, 2.75) is 13.0 Å². The molecule has 0 aromatic heterocycles. The summed E-state index contributed by atoms with van der Waals surface area (Å²) >= 11 is 3.19. The SMILES string of the molecule is CCN1C(N)=NCC1c1ccc(F)c(Br)c1. The first-order valence-corrected chi connectivity index (χ1v) is 5.94. The van der Waals surface area contributed by atoms with Crippen LogP contribution in [0.2, 0.25) is 0 Å². The Balaban J connectivity index is 2.28. The lowest BCUT2D eigenvalue weighted by atomic mass is 10.1. The second kappa shape index (κ2) is 4.41. The van der Waals surface area contributed by atoms with Gasteiger partial charge < -0.3 is 10.6 Å². The van der Waals surface area contributed by atoms with Crippen molar-refractivity contribution in [2.75, 3.05) is 13.1 Å². The third-order valence-electron chi connectivity index (χ3n) is 2.77. The van der Waals surface area contributed by atoms with Crippen molar-refractivity contribution in [3.05, 3.63) is 34.1 Å². The van der Waals surface area contributed by atoms with E-state index in [1.54, 1.807) is 12.1 Å². The standard InChI is InChI=1S/C11H13BrFN3/c1-2-16-10(6-15-11(16)14)7-3-4-9(13)8(12)5-7/h3-5,10H,2,6H2,1H3,(H2,14,15). The maximum absolute atomic E-state index is 13.1. The van der Waals surface area contributed by atoms with Crippen LogP contribution in [0.5, 0.6) is 0 Å². The molecule has 1 aromatic carbocycles. The minimum Gasteiger partial charge on any atom is -0.370 e. The van der Waals surface area contributed by atoms with Gasteiger partial charge in [-0.3, -0.25) is 4.99 Å². The zero-order valence-corrected chi connectivity index (χ0v) is 10.5. The molecule has 0 fully saturated rings. The summed E-state index contributed by atoms with van der Waals surface area (Å²) in [6.07, 6.45) is 0. The van der Waals surface area contributed by atoms with Gasteiger partial charge in [0.15, 0.2) is 5.96 Å².